The molecule has 2 atom stereocenters. The van der Waals surface area contributed by atoms with Gasteiger partial charge in [-0.25, -0.2) is 0 Å². The Hall–Kier alpha value is -6.01. The van der Waals surface area contributed by atoms with E-state index in [1.165, 1.54) is 41.3 Å². The molecule has 3 aliphatic heterocycles. The molecule has 6 amide bonds. The zero-order chi connectivity index (χ0) is 41.9. The maximum Gasteiger partial charge on any atom is 0.281 e. The van der Waals surface area contributed by atoms with Gasteiger partial charge in [0.1, 0.15) is 0 Å². The van der Waals surface area contributed by atoms with Crippen molar-refractivity contribution in [1.82, 2.24) is 19.5 Å². The number of aromatic nitrogens is 1. The summed E-state index contributed by atoms with van der Waals surface area (Å²) in [5, 5.41) is 3.53. The fraction of sp³-hybridized carbons (Fsp3) is 0.383. The molecule has 304 valence electrons. The molecule has 0 radical (unpaired) electrons. The maximum absolute atomic E-state index is 14.4. The van der Waals surface area contributed by atoms with Gasteiger partial charge >= 0.3 is 0 Å². The molecule has 5 aromatic rings. The molecule has 0 fully saturated rings. The van der Waals surface area contributed by atoms with Crippen LogP contribution >= 0.6 is 0 Å². The van der Waals surface area contributed by atoms with Gasteiger partial charge in [-0.3, -0.25) is 38.5 Å². The van der Waals surface area contributed by atoms with E-state index in [0.717, 1.165) is 51.4 Å². The molecule has 8 rings (SSSR count). The Morgan fingerprint density at radius 3 is 1.54 bits per heavy atom. The zero-order valence-corrected chi connectivity index (χ0v) is 34.0. The smallest absolute Gasteiger partial charge is 0.281 e. The van der Waals surface area contributed by atoms with Crippen molar-refractivity contribution in [3.63, 3.8) is 0 Å². The summed E-state index contributed by atoms with van der Waals surface area (Å²) >= 11 is 0. The quantitative estimate of drug-likeness (QED) is 0.0734. The van der Waals surface area contributed by atoms with Crippen molar-refractivity contribution in [3.8, 4) is 0 Å². The summed E-state index contributed by atoms with van der Waals surface area (Å²) in [6.07, 6.45) is 8.65. The minimum absolute atomic E-state index is 0.0390. The number of pyridine rings is 1. The van der Waals surface area contributed by atoms with Crippen LogP contribution in [0.2, 0.25) is 0 Å². The summed E-state index contributed by atoms with van der Waals surface area (Å²) in [6.45, 7) is 13.8. The van der Waals surface area contributed by atoms with E-state index in [1.54, 1.807) is 16.7 Å². The third-order valence-electron chi connectivity index (χ3n) is 12.4. The maximum atomic E-state index is 14.4. The third-order valence-corrected chi connectivity index (χ3v) is 12.4. The fourth-order valence-electron chi connectivity index (χ4n) is 9.21. The van der Waals surface area contributed by atoms with E-state index in [1.807, 2.05) is 6.92 Å². The molecular weight excluding hydrogens is 749 g/mol. The number of carbonyl (C=O) groups is 6. The Morgan fingerprint density at radius 2 is 1.03 bits per heavy atom. The molecule has 1 aromatic heterocycles. The first kappa shape index (κ1) is 39.8. The second kappa shape index (κ2) is 15.6. The Balaban J connectivity index is 1.09. The van der Waals surface area contributed by atoms with Gasteiger partial charge in [0.05, 0.1) is 22.3 Å². The van der Waals surface area contributed by atoms with E-state index in [9.17, 15) is 33.6 Å². The largest absolute Gasteiger partial charge is 0.381 e. The van der Waals surface area contributed by atoms with E-state index in [2.05, 4.69) is 27.4 Å². The summed E-state index contributed by atoms with van der Waals surface area (Å²) in [5.41, 5.74) is 0.0818. The lowest BCUT2D eigenvalue weighted by molar-refractivity contribution is 0.00212. The zero-order valence-electron chi connectivity index (χ0n) is 34.0. The number of ether oxygens (including phenoxy) is 1. The first-order valence-electron chi connectivity index (χ1n) is 20.9. The van der Waals surface area contributed by atoms with Gasteiger partial charge in [0.25, 0.3) is 41.0 Å². The molecule has 0 spiro atoms. The van der Waals surface area contributed by atoms with Crippen LogP contribution in [0.3, 0.4) is 0 Å². The Bertz CT molecular complexity index is 2600. The molecule has 2 unspecified atom stereocenters. The van der Waals surface area contributed by atoms with Crippen molar-refractivity contribution in [2.45, 2.75) is 91.5 Å². The van der Waals surface area contributed by atoms with E-state index in [0.29, 0.717) is 57.1 Å². The van der Waals surface area contributed by atoms with Gasteiger partial charge < -0.3 is 9.30 Å². The van der Waals surface area contributed by atoms with Crippen molar-refractivity contribution in [1.29, 1.82) is 0 Å². The van der Waals surface area contributed by atoms with Crippen molar-refractivity contribution in [2.75, 3.05) is 19.8 Å². The summed E-state index contributed by atoms with van der Waals surface area (Å²) in [5.74, 6) is -4.36. The average molecular weight is 797 g/mol. The summed E-state index contributed by atoms with van der Waals surface area (Å²) in [7, 11) is 0. The van der Waals surface area contributed by atoms with Crippen LogP contribution in [0.15, 0.2) is 53.3 Å². The monoisotopic (exact) mass is 796 g/mol. The molecule has 4 heterocycles. The van der Waals surface area contributed by atoms with E-state index in [-0.39, 0.29) is 67.7 Å². The number of unbranched alkanes of at least 4 members (excludes halogenated alkanes) is 3. The highest BCUT2D eigenvalue weighted by Gasteiger charge is 2.47. The average Bonchev–Trinajstić information content (AvgIpc) is 3.23. The third kappa shape index (κ3) is 6.18. The van der Waals surface area contributed by atoms with E-state index < -0.39 is 35.4 Å². The van der Waals surface area contributed by atoms with Crippen molar-refractivity contribution < 1.29 is 33.5 Å². The first-order chi connectivity index (χ1) is 28.5. The molecule has 12 nitrogen and oxygen atoms in total. The lowest BCUT2D eigenvalue weighted by atomic mass is 9.86. The molecule has 12 heteroatoms. The van der Waals surface area contributed by atoms with Crippen LogP contribution in [-0.2, 0) is 4.74 Å². The standard InChI is InChI=1S/C47H48N4O8/c1-6-9-11-13-26(4)49-27(5)29-15-16-33-39-34(22-19-32(37(29)39)43(49)54)45(56)50(44(33)55)51-46(57)35-20-17-30-38-31(18-21-36(40(35)38)47(51)58)42(53)48(41(30)52)23-12-24-59-25-28(8-3)14-10-7-2/h15-22,26,28H,5-14,23-25H2,1-4H3. The number of hydrazine groups is 1. The Kier molecular flexibility index (Phi) is 10.5. The summed E-state index contributed by atoms with van der Waals surface area (Å²) in [6, 6.07) is 11.8. The Morgan fingerprint density at radius 1 is 0.559 bits per heavy atom. The highest BCUT2D eigenvalue weighted by atomic mass is 16.5. The first-order valence-corrected chi connectivity index (χ1v) is 20.9. The second-order valence-electron chi connectivity index (χ2n) is 16.1. The van der Waals surface area contributed by atoms with Crippen molar-refractivity contribution >= 4 is 74.3 Å². The molecule has 4 aromatic carbocycles. The minimum atomic E-state index is -0.956. The molecule has 0 aliphatic carbocycles. The van der Waals surface area contributed by atoms with Crippen LogP contribution in [-0.4, -0.2) is 74.7 Å². The minimum Gasteiger partial charge on any atom is -0.381 e. The number of hydrogen-bond acceptors (Lipinski definition) is 8. The number of imide groups is 3. The summed E-state index contributed by atoms with van der Waals surface area (Å²) < 4.78 is 7.59. The highest BCUT2D eigenvalue weighted by Crippen LogP contribution is 2.41. The number of rotatable bonds is 16. The predicted octanol–water partition coefficient (Wildman–Crippen LogP) is 7.60. The van der Waals surface area contributed by atoms with Crippen molar-refractivity contribution in [2.24, 2.45) is 5.92 Å². The topological polar surface area (TPSA) is 143 Å². The Labute approximate surface area is 341 Å². The molecular formula is C47H48N4O8. The van der Waals surface area contributed by atoms with Gasteiger partial charge in [-0.2, -0.15) is 10.0 Å². The fourth-order valence-corrected chi connectivity index (χ4v) is 9.21. The van der Waals surface area contributed by atoms with Crippen LogP contribution in [0.4, 0.5) is 0 Å². The highest BCUT2D eigenvalue weighted by molar-refractivity contribution is 6.36. The lowest BCUT2D eigenvalue weighted by Crippen LogP contribution is -2.58. The number of hydrogen-bond donors (Lipinski definition) is 0. The van der Waals surface area contributed by atoms with Crippen LogP contribution in [0.25, 0.3) is 38.9 Å². The summed E-state index contributed by atoms with van der Waals surface area (Å²) in [4.78, 5) is 100. The predicted molar refractivity (Wildman–Crippen MR) is 224 cm³/mol. The SMILES string of the molecule is C=c1c2ccc3c4c(ccc(c(=O)n1C(C)CCCCC)c42)C(=O)N(N1C(=O)c2ccc4c5c(ccc(c25)C1=O)C(=O)N(CCCOCC(CC)CCCC)C4=O)C3=O. The number of benzene rings is 4. The molecule has 0 saturated heterocycles. The van der Waals surface area contributed by atoms with E-state index >= 15 is 0 Å². The van der Waals surface area contributed by atoms with Gasteiger partial charge in [-0.15, -0.1) is 0 Å². The molecule has 59 heavy (non-hydrogen) atoms. The molecule has 3 aliphatic rings. The van der Waals surface area contributed by atoms with Gasteiger partial charge in [-0.05, 0) is 74.6 Å². The number of amides is 6. The number of nitrogens with zero attached hydrogens (tertiary/aromatic N) is 4. The van der Waals surface area contributed by atoms with E-state index in [4.69, 9.17) is 4.74 Å². The van der Waals surface area contributed by atoms with Crippen LogP contribution < -0.4 is 10.9 Å². The second-order valence-corrected chi connectivity index (χ2v) is 16.1. The number of carbonyl (C=O) groups excluding carboxylic acids is 6. The van der Waals surface area contributed by atoms with Gasteiger partial charge in [0.2, 0.25) is 0 Å². The molecule has 0 bridgehead atoms. The van der Waals surface area contributed by atoms with Gasteiger partial charge in [0, 0.05) is 74.6 Å². The van der Waals surface area contributed by atoms with Crippen LogP contribution in [0, 0.1) is 5.92 Å². The van der Waals surface area contributed by atoms with Crippen LogP contribution in [0.1, 0.15) is 154 Å². The molecule has 0 N–H and O–H groups in total. The normalized spacial score (nSPS) is 16.1. The lowest BCUT2D eigenvalue weighted by Gasteiger charge is -2.37. The molecule has 0 saturated carbocycles. The van der Waals surface area contributed by atoms with Gasteiger partial charge in [0.15, 0.2) is 0 Å². The van der Waals surface area contributed by atoms with Gasteiger partial charge in [-0.1, -0.05) is 71.9 Å². The van der Waals surface area contributed by atoms with Crippen molar-refractivity contribution in [3.05, 3.63) is 97.6 Å². The van der Waals surface area contributed by atoms with Crippen LogP contribution in [0.5, 0.6) is 0 Å².